The van der Waals surface area contributed by atoms with E-state index < -0.39 is 4.92 Å². The van der Waals surface area contributed by atoms with E-state index in [1.54, 1.807) is 12.1 Å². The number of nitro groups is 1. The summed E-state index contributed by atoms with van der Waals surface area (Å²) in [6.45, 7) is 5.22. The van der Waals surface area contributed by atoms with E-state index in [1.807, 2.05) is 11.8 Å². The van der Waals surface area contributed by atoms with Crippen molar-refractivity contribution in [2.75, 3.05) is 24.7 Å². The SMILES string of the molecule is CCOc1cc(N2CCC(C)C2CO)cc([N+](=O)[O-])c1. The summed E-state index contributed by atoms with van der Waals surface area (Å²) in [5.74, 6) is 0.864. The number of hydrogen-bond acceptors (Lipinski definition) is 5. The highest BCUT2D eigenvalue weighted by Gasteiger charge is 2.31. The Kier molecular flexibility index (Phi) is 4.44. The molecule has 0 aromatic heterocycles. The van der Waals surface area contributed by atoms with Gasteiger partial charge in [0.15, 0.2) is 0 Å². The van der Waals surface area contributed by atoms with Crippen LogP contribution in [0.15, 0.2) is 18.2 Å². The molecule has 1 saturated heterocycles. The fourth-order valence-corrected chi connectivity index (χ4v) is 2.70. The maximum atomic E-state index is 11.0. The Morgan fingerprint density at radius 3 is 2.85 bits per heavy atom. The summed E-state index contributed by atoms with van der Waals surface area (Å²) in [4.78, 5) is 12.6. The van der Waals surface area contributed by atoms with Crippen LogP contribution in [0.2, 0.25) is 0 Å². The molecule has 6 nitrogen and oxygen atoms in total. The van der Waals surface area contributed by atoms with Crippen LogP contribution in [0.25, 0.3) is 0 Å². The van der Waals surface area contributed by atoms with Crippen LogP contribution in [-0.4, -0.2) is 35.8 Å². The Bertz CT molecular complexity index is 492. The molecule has 1 aromatic rings. The van der Waals surface area contributed by atoms with Gasteiger partial charge in [-0.1, -0.05) is 6.92 Å². The lowest BCUT2D eigenvalue weighted by molar-refractivity contribution is -0.384. The van der Waals surface area contributed by atoms with Crippen molar-refractivity contribution in [1.82, 2.24) is 0 Å². The number of aliphatic hydroxyl groups is 1. The summed E-state index contributed by atoms with van der Waals surface area (Å²) in [5.41, 5.74) is 0.758. The minimum absolute atomic E-state index is 0.00600. The third-order valence-electron chi connectivity index (χ3n) is 3.80. The highest BCUT2D eigenvalue weighted by molar-refractivity contribution is 5.59. The Morgan fingerprint density at radius 1 is 1.50 bits per heavy atom. The van der Waals surface area contributed by atoms with Crippen molar-refractivity contribution >= 4 is 11.4 Å². The molecule has 1 aliphatic rings. The standard InChI is InChI=1S/C14H20N2O4/c1-3-20-13-7-11(6-12(8-13)16(18)19)15-5-4-10(2)14(15)9-17/h6-8,10,14,17H,3-5,9H2,1-2H3. The minimum Gasteiger partial charge on any atom is -0.494 e. The predicted molar refractivity (Wildman–Crippen MR) is 76.3 cm³/mol. The fourth-order valence-electron chi connectivity index (χ4n) is 2.70. The first-order valence-electron chi connectivity index (χ1n) is 6.86. The van der Waals surface area contributed by atoms with Crippen molar-refractivity contribution in [2.45, 2.75) is 26.3 Å². The van der Waals surface area contributed by atoms with E-state index in [4.69, 9.17) is 4.74 Å². The maximum Gasteiger partial charge on any atom is 0.275 e. The first-order valence-corrected chi connectivity index (χ1v) is 6.86. The van der Waals surface area contributed by atoms with Gasteiger partial charge in [0.1, 0.15) is 5.75 Å². The molecule has 0 radical (unpaired) electrons. The van der Waals surface area contributed by atoms with Crippen molar-refractivity contribution in [3.8, 4) is 5.75 Å². The quantitative estimate of drug-likeness (QED) is 0.661. The molecule has 2 unspecified atom stereocenters. The zero-order valence-electron chi connectivity index (χ0n) is 11.8. The van der Waals surface area contributed by atoms with Crippen molar-refractivity contribution < 1.29 is 14.8 Å². The van der Waals surface area contributed by atoms with Crippen LogP contribution in [0.4, 0.5) is 11.4 Å². The van der Waals surface area contributed by atoms with E-state index in [9.17, 15) is 15.2 Å². The summed E-state index contributed by atoms with van der Waals surface area (Å²) in [7, 11) is 0. The molecule has 1 N–H and O–H groups in total. The summed E-state index contributed by atoms with van der Waals surface area (Å²) in [6.07, 6.45) is 0.970. The molecular formula is C14H20N2O4. The number of nitro benzene ring substituents is 1. The first-order chi connectivity index (χ1) is 9.56. The molecule has 0 saturated carbocycles. The molecule has 1 fully saturated rings. The summed E-state index contributed by atoms with van der Waals surface area (Å²) in [5, 5.41) is 20.5. The van der Waals surface area contributed by atoms with Gasteiger partial charge in [-0.2, -0.15) is 0 Å². The number of non-ortho nitro benzene ring substituents is 1. The van der Waals surface area contributed by atoms with Crippen molar-refractivity contribution in [2.24, 2.45) is 5.92 Å². The molecule has 0 amide bonds. The average Bonchev–Trinajstić information content (AvgIpc) is 2.79. The second-order valence-corrected chi connectivity index (χ2v) is 5.08. The van der Waals surface area contributed by atoms with E-state index in [0.29, 0.717) is 18.3 Å². The van der Waals surface area contributed by atoms with Gasteiger partial charge in [-0.3, -0.25) is 10.1 Å². The van der Waals surface area contributed by atoms with Crippen molar-refractivity contribution in [1.29, 1.82) is 0 Å². The zero-order chi connectivity index (χ0) is 14.7. The van der Waals surface area contributed by atoms with Gasteiger partial charge in [0.05, 0.1) is 30.2 Å². The number of benzene rings is 1. The Labute approximate surface area is 118 Å². The van der Waals surface area contributed by atoms with Gasteiger partial charge < -0.3 is 14.7 Å². The summed E-state index contributed by atoms with van der Waals surface area (Å²) >= 11 is 0. The van der Waals surface area contributed by atoms with Crippen LogP contribution in [-0.2, 0) is 0 Å². The molecule has 0 bridgehead atoms. The topological polar surface area (TPSA) is 75.8 Å². The van der Waals surface area contributed by atoms with Crippen LogP contribution in [0, 0.1) is 16.0 Å². The second kappa shape index (κ2) is 6.09. The Balaban J connectivity index is 2.37. The third kappa shape index (κ3) is 2.85. The molecular weight excluding hydrogens is 260 g/mol. The largest absolute Gasteiger partial charge is 0.494 e. The Morgan fingerprint density at radius 2 is 2.25 bits per heavy atom. The van der Waals surface area contributed by atoms with Crippen LogP contribution in [0.5, 0.6) is 5.75 Å². The summed E-state index contributed by atoms with van der Waals surface area (Å²) < 4.78 is 5.40. The molecule has 2 rings (SSSR count). The lowest BCUT2D eigenvalue weighted by Crippen LogP contribution is -2.35. The fraction of sp³-hybridized carbons (Fsp3) is 0.571. The molecule has 1 heterocycles. The van der Waals surface area contributed by atoms with Crippen LogP contribution >= 0.6 is 0 Å². The number of anilines is 1. The number of aliphatic hydroxyl groups excluding tert-OH is 1. The lowest BCUT2D eigenvalue weighted by Gasteiger charge is -2.27. The van der Waals surface area contributed by atoms with Crippen LogP contribution < -0.4 is 9.64 Å². The summed E-state index contributed by atoms with van der Waals surface area (Å²) in [6, 6.07) is 4.78. The van der Waals surface area contributed by atoms with Gasteiger partial charge in [-0.15, -0.1) is 0 Å². The lowest BCUT2D eigenvalue weighted by atomic mass is 10.0. The van der Waals surface area contributed by atoms with Crippen molar-refractivity contribution in [3.05, 3.63) is 28.3 Å². The normalized spacial score (nSPS) is 22.1. The van der Waals surface area contributed by atoms with Gasteiger partial charge in [0.2, 0.25) is 0 Å². The van der Waals surface area contributed by atoms with E-state index in [-0.39, 0.29) is 18.3 Å². The van der Waals surface area contributed by atoms with Gasteiger partial charge in [0, 0.05) is 24.4 Å². The van der Waals surface area contributed by atoms with E-state index in [0.717, 1.165) is 18.7 Å². The minimum atomic E-state index is -0.417. The van der Waals surface area contributed by atoms with Crippen LogP contribution in [0.1, 0.15) is 20.3 Å². The van der Waals surface area contributed by atoms with Crippen LogP contribution in [0.3, 0.4) is 0 Å². The highest BCUT2D eigenvalue weighted by Crippen LogP contribution is 2.34. The molecule has 2 atom stereocenters. The second-order valence-electron chi connectivity index (χ2n) is 5.08. The Hall–Kier alpha value is -1.82. The molecule has 110 valence electrons. The predicted octanol–water partition coefficient (Wildman–Crippen LogP) is 2.20. The number of ether oxygens (including phenoxy) is 1. The number of nitrogens with zero attached hydrogens (tertiary/aromatic N) is 2. The van der Waals surface area contributed by atoms with Gasteiger partial charge in [0.25, 0.3) is 5.69 Å². The van der Waals surface area contributed by atoms with Gasteiger partial charge >= 0.3 is 0 Å². The van der Waals surface area contributed by atoms with E-state index >= 15 is 0 Å². The van der Waals surface area contributed by atoms with Crippen molar-refractivity contribution in [3.63, 3.8) is 0 Å². The smallest absolute Gasteiger partial charge is 0.275 e. The third-order valence-corrected chi connectivity index (χ3v) is 3.80. The number of hydrogen-bond donors (Lipinski definition) is 1. The zero-order valence-corrected chi connectivity index (χ0v) is 11.8. The van der Waals surface area contributed by atoms with E-state index in [2.05, 4.69) is 6.92 Å². The first kappa shape index (κ1) is 14.6. The molecule has 6 heteroatoms. The monoisotopic (exact) mass is 280 g/mol. The van der Waals surface area contributed by atoms with Gasteiger partial charge in [-0.05, 0) is 19.3 Å². The molecule has 0 aliphatic carbocycles. The number of rotatable bonds is 5. The maximum absolute atomic E-state index is 11.0. The molecule has 20 heavy (non-hydrogen) atoms. The average molecular weight is 280 g/mol. The molecule has 0 spiro atoms. The molecule has 1 aliphatic heterocycles. The van der Waals surface area contributed by atoms with Gasteiger partial charge in [-0.25, -0.2) is 0 Å². The van der Waals surface area contributed by atoms with E-state index in [1.165, 1.54) is 6.07 Å². The molecule has 1 aromatic carbocycles. The highest BCUT2D eigenvalue weighted by atomic mass is 16.6.